The van der Waals surface area contributed by atoms with Crippen LogP contribution in [0.1, 0.15) is 34.6 Å². The second-order valence-electron chi connectivity index (χ2n) is 7.07. The Morgan fingerprint density at radius 1 is 0.895 bits per heavy atom. The van der Waals surface area contributed by atoms with Gasteiger partial charge in [-0.05, 0) is 38.3 Å². The van der Waals surface area contributed by atoms with Gasteiger partial charge in [-0.3, -0.25) is 4.90 Å². The molecule has 1 aliphatic rings. The molecule has 0 aromatic heterocycles. The summed E-state index contributed by atoms with van der Waals surface area (Å²) in [5, 5.41) is 3.75. The minimum Gasteiger partial charge on any atom is -0.313 e. The van der Waals surface area contributed by atoms with E-state index in [1.54, 1.807) is 0 Å². The van der Waals surface area contributed by atoms with E-state index in [1.807, 2.05) is 0 Å². The van der Waals surface area contributed by atoms with E-state index < -0.39 is 0 Å². The molecule has 1 rings (SSSR count). The van der Waals surface area contributed by atoms with Crippen LogP contribution in [0.4, 0.5) is 0 Å². The standard InChI is InChI=1S/C16H35N3/c1-13(2)16(14(3)4)11-17-15(5)12-19-9-7-18(6)8-10-19/h13-17H,7-12H2,1-6H3/t15-/m1/s1. The van der Waals surface area contributed by atoms with Gasteiger partial charge in [0.25, 0.3) is 0 Å². The second-order valence-corrected chi connectivity index (χ2v) is 7.07. The highest BCUT2D eigenvalue weighted by Gasteiger charge is 2.19. The van der Waals surface area contributed by atoms with Crippen molar-refractivity contribution in [2.75, 3.05) is 46.3 Å². The van der Waals surface area contributed by atoms with E-state index in [2.05, 4.69) is 56.8 Å². The summed E-state index contributed by atoms with van der Waals surface area (Å²) in [6.45, 7) is 18.9. The first-order chi connectivity index (χ1) is 8.90. The Labute approximate surface area is 120 Å². The maximum atomic E-state index is 3.75. The van der Waals surface area contributed by atoms with Crippen molar-refractivity contribution in [1.82, 2.24) is 15.1 Å². The average Bonchev–Trinajstić information content (AvgIpc) is 2.31. The maximum Gasteiger partial charge on any atom is 0.0166 e. The molecule has 3 heteroatoms. The van der Waals surface area contributed by atoms with E-state index >= 15 is 0 Å². The molecule has 1 aliphatic heterocycles. The number of nitrogens with one attached hydrogen (secondary N) is 1. The van der Waals surface area contributed by atoms with Crippen molar-refractivity contribution in [1.29, 1.82) is 0 Å². The van der Waals surface area contributed by atoms with E-state index in [0.717, 1.165) is 24.3 Å². The molecule has 0 aromatic carbocycles. The van der Waals surface area contributed by atoms with Crippen LogP contribution in [0.3, 0.4) is 0 Å². The van der Waals surface area contributed by atoms with Gasteiger partial charge in [0.05, 0.1) is 0 Å². The Bertz CT molecular complexity index is 224. The summed E-state index contributed by atoms with van der Waals surface area (Å²) in [4.78, 5) is 5.01. The van der Waals surface area contributed by atoms with Crippen LogP contribution in [0, 0.1) is 17.8 Å². The third-order valence-corrected chi connectivity index (χ3v) is 4.54. The molecular weight excluding hydrogens is 234 g/mol. The Hall–Kier alpha value is -0.120. The van der Waals surface area contributed by atoms with Crippen molar-refractivity contribution in [3.8, 4) is 0 Å². The predicted octanol–water partition coefficient (Wildman–Crippen LogP) is 2.14. The van der Waals surface area contributed by atoms with Gasteiger partial charge >= 0.3 is 0 Å². The first-order valence-corrected chi connectivity index (χ1v) is 8.04. The molecule has 1 heterocycles. The fourth-order valence-electron chi connectivity index (χ4n) is 3.06. The SMILES string of the molecule is CC(C)C(CN[C@H](C)CN1CCN(C)CC1)C(C)C. The van der Waals surface area contributed by atoms with Crippen molar-refractivity contribution in [2.24, 2.45) is 17.8 Å². The maximum absolute atomic E-state index is 3.75. The summed E-state index contributed by atoms with van der Waals surface area (Å²) in [7, 11) is 2.22. The highest BCUT2D eigenvalue weighted by atomic mass is 15.3. The first-order valence-electron chi connectivity index (χ1n) is 8.04. The molecule has 0 bridgehead atoms. The quantitative estimate of drug-likeness (QED) is 0.764. The van der Waals surface area contributed by atoms with Gasteiger partial charge in [0.1, 0.15) is 0 Å². The van der Waals surface area contributed by atoms with Gasteiger partial charge in [-0.15, -0.1) is 0 Å². The van der Waals surface area contributed by atoms with Crippen molar-refractivity contribution in [2.45, 2.75) is 40.7 Å². The van der Waals surface area contributed by atoms with Crippen LogP contribution in [-0.2, 0) is 0 Å². The van der Waals surface area contributed by atoms with Crippen molar-refractivity contribution in [3.63, 3.8) is 0 Å². The second kappa shape index (κ2) is 8.23. The van der Waals surface area contributed by atoms with Gasteiger partial charge in [-0.2, -0.15) is 0 Å². The van der Waals surface area contributed by atoms with Crippen LogP contribution in [-0.4, -0.2) is 62.2 Å². The number of hydrogen-bond acceptors (Lipinski definition) is 3. The number of nitrogens with zero attached hydrogens (tertiary/aromatic N) is 2. The number of likely N-dealkylation sites (N-methyl/N-ethyl adjacent to an activating group) is 1. The highest BCUT2D eigenvalue weighted by molar-refractivity contribution is 4.76. The Morgan fingerprint density at radius 3 is 1.89 bits per heavy atom. The molecule has 0 aromatic rings. The molecule has 114 valence electrons. The van der Waals surface area contributed by atoms with Gasteiger partial charge in [-0.25, -0.2) is 0 Å². The van der Waals surface area contributed by atoms with Gasteiger partial charge in [-0.1, -0.05) is 27.7 Å². The summed E-state index contributed by atoms with van der Waals surface area (Å²) in [5.41, 5.74) is 0. The molecule has 0 aliphatic carbocycles. The summed E-state index contributed by atoms with van der Waals surface area (Å²) in [6, 6.07) is 0.600. The Morgan fingerprint density at radius 2 is 1.42 bits per heavy atom. The van der Waals surface area contributed by atoms with Gasteiger partial charge < -0.3 is 10.2 Å². The van der Waals surface area contributed by atoms with Gasteiger partial charge in [0.2, 0.25) is 0 Å². The number of hydrogen-bond donors (Lipinski definition) is 1. The smallest absolute Gasteiger partial charge is 0.0166 e. The number of piperazine rings is 1. The highest BCUT2D eigenvalue weighted by Crippen LogP contribution is 2.19. The Kier molecular flexibility index (Phi) is 7.33. The van der Waals surface area contributed by atoms with Crippen LogP contribution in [0.15, 0.2) is 0 Å². The lowest BCUT2D eigenvalue weighted by atomic mass is 9.85. The van der Waals surface area contributed by atoms with Crippen molar-refractivity contribution >= 4 is 0 Å². The van der Waals surface area contributed by atoms with Crippen LogP contribution in [0.5, 0.6) is 0 Å². The molecule has 1 fully saturated rings. The van der Waals surface area contributed by atoms with Gasteiger partial charge in [0.15, 0.2) is 0 Å². The zero-order chi connectivity index (χ0) is 14.4. The van der Waals surface area contributed by atoms with E-state index in [1.165, 1.54) is 32.7 Å². The monoisotopic (exact) mass is 269 g/mol. The fourth-order valence-corrected chi connectivity index (χ4v) is 3.06. The first kappa shape index (κ1) is 16.9. The molecule has 0 spiro atoms. The largest absolute Gasteiger partial charge is 0.313 e. The van der Waals surface area contributed by atoms with Crippen molar-refractivity contribution in [3.05, 3.63) is 0 Å². The molecule has 3 nitrogen and oxygen atoms in total. The normalized spacial score (nSPS) is 20.7. The van der Waals surface area contributed by atoms with Gasteiger partial charge in [0, 0.05) is 38.8 Å². The summed E-state index contributed by atoms with van der Waals surface area (Å²) < 4.78 is 0. The minimum atomic E-state index is 0.600. The zero-order valence-corrected chi connectivity index (χ0v) is 13.9. The van der Waals surface area contributed by atoms with Crippen LogP contribution in [0.25, 0.3) is 0 Å². The third kappa shape index (κ3) is 6.24. The Balaban J connectivity index is 2.25. The average molecular weight is 269 g/mol. The predicted molar refractivity (Wildman–Crippen MR) is 84.6 cm³/mol. The zero-order valence-electron chi connectivity index (χ0n) is 13.9. The molecule has 0 radical (unpaired) electrons. The van der Waals surface area contributed by atoms with E-state index in [4.69, 9.17) is 0 Å². The van der Waals surface area contributed by atoms with E-state index in [0.29, 0.717) is 6.04 Å². The lowest BCUT2D eigenvalue weighted by Crippen LogP contribution is -2.49. The molecule has 1 N–H and O–H groups in total. The molecule has 1 atom stereocenters. The lowest BCUT2D eigenvalue weighted by Gasteiger charge is -2.35. The molecule has 0 amide bonds. The summed E-state index contributed by atoms with van der Waals surface area (Å²) in [5.74, 6) is 2.32. The van der Waals surface area contributed by atoms with E-state index in [-0.39, 0.29) is 0 Å². The number of rotatable bonds is 7. The third-order valence-electron chi connectivity index (χ3n) is 4.54. The van der Waals surface area contributed by atoms with Crippen molar-refractivity contribution < 1.29 is 0 Å². The topological polar surface area (TPSA) is 18.5 Å². The molecular formula is C16H35N3. The molecule has 0 unspecified atom stereocenters. The molecule has 0 saturated carbocycles. The summed E-state index contributed by atoms with van der Waals surface area (Å²) in [6.07, 6.45) is 0. The van der Waals surface area contributed by atoms with E-state index in [9.17, 15) is 0 Å². The minimum absolute atomic E-state index is 0.600. The van der Waals surface area contributed by atoms with Crippen LogP contribution < -0.4 is 5.32 Å². The fraction of sp³-hybridized carbons (Fsp3) is 1.00. The van der Waals surface area contributed by atoms with Crippen LogP contribution in [0.2, 0.25) is 0 Å². The molecule has 19 heavy (non-hydrogen) atoms. The molecule has 1 saturated heterocycles. The summed E-state index contributed by atoms with van der Waals surface area (Å²) >= 11 is 0. The lowest BCUT2D eigenvalue weighted by molar-refractivity contribution is 0.141. The van der Waals surface area contributed by atoms with Crippen LogP contribution >= 0.6 is 0 Å².